The van der Waals surface area contributed by atoms with E-state index in [2.05, 4.69) is 31.2 Å². The molecule has 0 saturated carbocycles. The van der Waals surface area contributed by atoms with Gasteiger partial charge in [0.05, 0.1) is 9.98 Å². The van der Waals surface area contributed by atoms with E-state index in [0.717, 1.165) is 3.79 Å². The predicted octanol–water partition coefficient (Wildman–Crippen LogP) is 1.85. The number of pyridine rings is 1. The number of carbonyl (C=O) groups is 1. The molecule has 0 atom stereocenters. The Kier molecular flexibility index (Phi) is 3.16. The van der Waals surface area contributed by atoms with E-state index < -0.39 is 11.5 Å². The second kappa shape index (κ2) is 4.58. The van der Waals surface area contributed by atoms with Crippen molar-refractivity contribution >= 4 is 38.3 Å². The molecule has 0 fully saturated rings. The van der Waals surface area contributed by atoms with Crippen LogP contribution in [0.2, 0.25) is 0 Å². The van der Waals surface area contributed by atoms with Crippen LogP contribution in [-0.4, -0.2) is 15.9 Å². The summed E-state index contributed by atoms with van der Waals surface area (Å²) in [6.45, 7) is 0. The number of carbonyl (C=O) groups excluding carboxylic acids is 1. The molecule has 0 unspecified atom stereocenters. The van der Waals surface area contributed by atoms with Crippen molar-refractivity contribution in [3.63, 3.8) is 0 Å². The Balaban J connectivity index is 2.21. The van der Waals surface area contributed by atoms with Gasteiger partial charge in [-0.15, -0.1) is 0 Å². The molecule has 1 amide bonds. The Morgan fingerprint density at radius 3 is 3.00 bits per heavy atom. The van der Waals surface area contributed by atoms with Crippen LogP contribution in [0, 0.1) is 0 Å². The SMILES string of the molecule is O=C(Nc1ncc(Br)s1)c1ccc[nH]c1=O. The van der Waals surface area contributed by atoms with E-state index in [4.69, 9.17) is 0 Å². The van der Waals surface area contributed by atoms with Crippen LogP contribution in [-0.2, 0) is 0 Å². The fourth-order valence-corrected chi connectivity index (χ4v) is 2.18. The monoisotopic (exact) mass is 299 g/mol. The van der Waals surface area contributed by atoms with Gasteiger partial charge in [-0.3, -0.25) is 14.9 Å². The summed E-state index contributed by atoms with van der Waals surface area (Å²) in [7, 11) is 0. The van der Waals surface area contributed by atoms with Gasteiger partial charge in [-0.05, 0) is 28.1 Å². The fourth-order valence-electron chi connectivity index (χ4n) is 1.08. The number of anilines is 1. The molecule has 0 aliphatic heterocycles. The first kappa shape index (κ1) is 11.0. The number of aromatic nitrogens is 2. The van der Waals surface area contributed by atoms with E-state index in [-0.39, 0.29) is 5.56 Å². The van der Waals surface area contributed by atoms with Crippen LogP contribution in [0.25, 0.3) is 0 Å². The highest BCUT2D eigenvalue weighted by Crippen LogP contribution is 2.23. The lowest BCUT2D eigenvalue weighted by Crippen LogP contribution is -2.22. The summed E-state index contributed by atoms with van der Waals surface area (Å²) in [5, 5.41) is 2.98. The number of nitrogens with zero attached hydrogens (tertiary/aromatic N) is 1. The highest BCUT2D eigenvalue weighted by molar-refractivity contribution is 9.11. The second-order valence-electron chi connectivity index (χ2n) is 2.84. The van der Waals surface area contributed by atoms with Gasteiger partial charge >= 0.3 is 0 Å². The van der Waals surface area contributed by atoms with Gasteiger partial charge in [0.2, 0.25) is 0 Å². The summed E-state index contributed by atoms with van der Waals surface area (Å²) >= 11 is 4.51. The molecule has 0 saturated heterocycles. The molecule has 0 aliphatic rings. The lowest BCUT2D eigenvalue weighted by Gasteiger charge is -1.99. The number of halogens is 1. The molecule has 16 heavy (non-hydrogen) atoms. The van der Waals surface area contributed by atoms with Gasteiger partial charge in [0, 0.05) is 6.20 Å². The van der Waals surface area contributed by atoms with Gasteiger partial charge < -0.3 is 4.98 Å². The topological polar surface area (TPSA) is 74.8 Å². The van der Waals surface area contributed by atoms with Crippen LogP contribution >= 0.6 is 27.3 Å². The molecule has 0 aromatic carbocycles. The van der Waals surface area contributed by atoms with E-state index in [1.54, 1.807) is 12.3 Å². The van der Waals surface area contributed by atoms with E-state index in [9.17, 15) is 9.59 Å². The zero-order valence-electron chi connectivity index (χ0n) is 7.86. The maximum atomic E-state index is 11.7. The van der Waals surface area contributed by atoms with Crippen LogP contribution in [0.1, 0.15) is 10.4 Å². The molecule has 2 aromatic heterocycles. The minimum atomic E-state index is -0.469. The summed E-state index contributed by atoms with van der Waals surface area (Å²) in [5.74, 6) is -0.469. The molecule has 82 valence electrons. The van der Waals surface area contributed by atoms with Crippen LogP contribution < -0.4 is 10.9 Å². The van der Waals surface area contributed by atoms with Crippen LogP contribution in [0.3, 0.4) is 0 Å². The predicted molar refractivity (Wildman–Crippen MR) is 64.8 cm³/mol. The third-order valence-electron chi connectivity index (χ3n) is 1.76. The zero-order valence-corrected chi connectivity index (χ0v) is 10.3. The number of nitrogens with one attached hydrogen (secondary N) is 2. The maximum Gasteiger partial charge on any atom is 0.263 e. The molecule has 0 spiro atoms. The standard InChI is InChI=1S/C9H6BrN3O2S/c10-6-4-12-9(16-6)13-8(15)5-2-1-3-11-7(5)14/h1-4H,(H,11,14)(H,12,13,15). The quantitative estimate of drug-likeness (QED) is 0.888. The minimum Gasteiger partial charge on any atom is -0.328 e. The zero-order chi connectivity index (χ0) is 11.5. The molecule has 0 bridgehead atoms. The molecule has 2 heterocycles. The summed E-state index contributed by atoms with van der Waals surface area (Å²) < 4.78 is 0.810. The van der Waals surface area contributed by atoms with Crippen molar-refractivity contribution in [1.82, 2.24) is 9.97 Å². The number of hydrogen-bond donors (Lipinski definition) is 2. The fraction of sp³-hybridized carbons (Fsp3) is 0. The number of amides is 1. The van der Waals surface area contributed by atoms with Gasteiger partial charge in [0.15, 0.2) is 5.13 Å². The van der Waals surface area contributed by atoms with Crippen molar-refractivity contribution in [2.45, 2.75) is 0 Å². The molecule has 0 radical (unpaired) electrons. The third kappa shape index (κ3) is 2.37. The van der Waals surface area contributed by atoms with Crippen molar-refractivity contribution < 1.29 is 4.79 Å². The number of hydrogen-bond acceptors (Lipinski definition) is 4. The Bertz CT molecular complexity index is 578. The summed E-state index contributed by atoms with van der Waals surface area (Å²) in [6.07, 6.45) is 3.05. The summed E-state index contributed by atoms with van der Waals surface area (Å²) in [6, 6.07) is 3.05. The summed E-state index contributed by atoms with van der Waals surface area (Å²) in [5.41, 5.74) is -0.357. The highest BCUT2D eigenvalue weighted by atomic mass is 79.9. The van der Waals surface area contributed by atoms with Crippen molar-refractivity contribution in [1.29, 1.82) is 0 Å². The van der Waals surface area contributed by atoms with E-state index >= 15 is 0 Å². The Hall–Kier alpha value is -1.47. The third-order valence-corrected chi connectivity index (χ3v) is 3.15. The van der Waals surface area contributed by atoms with Crippen molar-refractivity contribution in [3.05, 3.63) is 44.2 Å². The van der Waals surface area contributed by atoms with Gasteiger partial charge in [-0.2, -0.15) is 0 Å². The van der Waals surface area contributed by atoms with E-state index in [1.165, 1.54) is 23.6 Å². The lowest BCUT2D eigenvalue weighted by molar-refractivity contribution is 0.102. The number of thiazole rings is 1. The number of rotatable bonds is 2. The van der Waals surface area contributed by atoms with Crippen LogP contribution in [0.4, 0.5) is 5.13 Å². The Morgan fingerprint density at radius 1 is 1.56 bits per heavy atom. The maximum absolute atomic E-state index is 11.7. The number of H-pyrrole nitrogens is 1. The molecule has 2 N–H and O–H groups in total. The first-order valence-electron chi connectivity index (χ1n) is 4.27. The first-order valence-corrected chi connectivity index (χ1v) is 5.88. The van der Waals surface area contributed by atoms with Gasteiger partial charge in [0.1, 0.15) is 5.56 Å². The molecule has 2 rings (SSSR count). The molecule has 7 heteroatoms. The van der Waals surface area contributed by atoms with Crippen LogP contribution in [0.15, 0.2) is 33.1 Å². The van der Waals surface area contributed by atoms with E-state index in [0.29, 0.717) is 5.13 Å². The summed E-state index contributed by atoms with van der Waals surface area (Å²) in [4.78, 5) is 29.3. The van der Waals surface area contributed by atoms with Gasteiger partial charge in [-0.1, -0.05) is 11.3 Å². The minimum absolute atomic E-state index is 0.0637. The molecule has 5 nitrogen and oxygen atoms in total. The average molecular weight is 300 g/mol. The highest BCUT2D eigenvalue weighted by Gasteiger charge is 2.11. The average Bonchev–Trinajstić information content (AvgIpc) is 2.64. The van der Waals surface area contributed by atoms with Crippen molar-refractivity contribution in [2.24, 2.45) is 0 Å². The van der Waals surface area contributed by atoms with Gasteiger partial charge in [-0.25, -0.2) is 4.98 Å². The smallest absolute Gasteiger partial charge is 0.263 e. The largest absolute Gasteiger partial charge is 0.328 e. The second-order valence-corrected chi connectivity index (χ2v) is 5.25. The Labute approximate surface area is 103 Å². The molecule has 0 aliphatic carbocycles. The first-order chi connectivity index (χ1) is 7.66. The van der Waals surface area contributed by atoms with Crippen LogP contribution in [0.5, 0.6) is 0 Å². The molecule has 2 aromatic rings. The van der Waals surface area contributed by atoms with E-state index in [1.807, 2.05) is 0 Å². The Morgan fingerprint density at radius 2 is 2.38 bits per heavy atom. The lowest BCUT2D eigenvalue weighted by atomic mass is 10.3. The van der Waals surface area contributed by atoms with Crippen molar-refractivity contribution in [2.75, 3.05) is 5.32 Å². The van der Waals surface area contributed by atoms with Gasteiger partial charge in [0.25, 0.3) is 11.5 Å². The van der Waals surface area contributed by atoms with Crippen molar-refractivity contribution in [3.8, 4) is 0 Å². The molecular weight excluding hydrogens is 294 g/mol. The number of aromatic amines is 1. The normalized spacial score (nSPS) is 10.1. The molecular formula is C9H6BrN3O2S.